The second-order valence-corrected chi connectivity index (χ2v) is 6.76. The van der Waals surface area contributed by atoms with Crippen molar-refractivity contribution in [2.45, 2.75) is 58.5 Å². The first kappa shape index (κ1) is 16.8. The van der Waals surface area contributed by atoms with Crippen LogP contribution in [0.25, 0.3) is 0 Å². The second-order valence-electron chi connectivity index (χ2n) is 6.76. The van der Waals surface area contributed by atoms with Crippen molar-refractivity contribution in [1.29, 1.82) is 0 Å². The van der Waals surface area contributed by atoms with Crippen LogP contribution in [-0.4, -0.2) is 24.5 Å². The molecule has 1 N–H and O–H groups in total. The summed E-state index contributed by atoms with van der Waals surface area (Å²) in [4.78, 5) is 26.6. The fraction of sp³-hybridized carbons (Fsp3) is 0.579. The van der Waals surface area contributed by atoms with E-state index in [1.54, 1.807) is 11.8 Å². The number of ether oxygens (including phenoxy) is 1. The van der Waals surface area contributed by atoms with E-state index < -0.39 is 6.10 Å². The van der Waals surface area contributed by atoms with E-state index in [-0.39, 0.29) is 17.7 Å². The Morgan fingerprint density at radius 1 is 1.29 bits per heavy atom. The zero-order valence-corrected chi connectivity index (χ0v) is 14.5. The van der Waals surface area contributed by atoms with Crippen LogP contribution in [0, 0.1) is 5.92 Å². The third-order valence-electron chi connectivity index (χ3n) is 4.86. The quantitative estimate of drug-likeness (QED) is 0.915. The molecule has 5 heteroatoms. The summed E-state index contributed by atoms with van der Waals surface area (Å²) in [6.45, 7) is 4.47. The van der Waals surface area contributed by atoms with Crippen molar-refractivity contribution in [2.24, 2.45) is 5.92 Å². The minimum Gasteiger partial charge on any atom is -0.479 e. The molecule has 3 rings (SSSR count). The molecule has 1 heterocycles. The van der Waals surface area contributed by atoms with E-state index in [1.165, 1.54) is 6.42 Å². The van der Waals surface area contributed by atoms with Crippen LogP contribution in [0.4, 0.5) is 11.4 Å². The lowest BCUT2D eigenvalue weighted by molar-refractivity contribution is -0.125. The normalized spacial score (nSPS) is 21.2. The molecule has 1 aliphatic heterocycles. The Morgan fingerprint density at radius 3 is 2.75 bits per heavy atom. The first-order valence-corrected chi connectivity index (χ1v) is 9.03. The first-order valence-electron chi connectivity index (χ1n) is 9.03. The molecule has 0 spiro atoms. The molecule has 1 saturated carbocycles. The van der Waals surface area contributed by atoms with Gasteiger partial charge in [-0.25, -0.2) is 0 Å². The molecule has 1 fully saturated rings. The third kappa shape index (κ3) is 3.40. The number of benzene rings is 1. The van der Waals surface area contributed by atoms with Crippen molar-refractivity contribution in [3.63, 3.8) is 0 Å². The van der Waals surface area contributed by atoms with E-state index in [0.29, 0.717) is 12.3 Å². The van der Waals surface area contributed by atoms with Gasteiger partial charge in [0.25, 0.3) is 5.91 Å². The number of hydrogen-bond donors (Lipinski definition) is 1. The molecule has 2 aliphatic rings. The van der Waals surface area contributed by atoms with Gasteiger partial charge in [0.1, 0.15) is 5.75 Å². The lowest BCUT2D eigenvalue weighted by atomic mass is 9.88. The summed E-state index contributed by atoms with van der Waals surface area (Å²) < 4.78 is 5.69. The van der Waals surface area contributed by atoms with Gasteiger partial charge in [-0.1, -0.05) is 26.2 Å². The van der Waals surface area contributed by atoms with E-state index in [0.717, 1.165) is 43.5 Å². The highest BCUT2D eigenvalue weighted by atomic mass is 16.5. The SMILES string of the molecule is CCCN1C(=O)C(C)Oc2ccc(NC(=O)C3CCCCC3)cc21. The Balaban J connectivity index is 1.79. The van der Waals surface area contributed by atoms with Crippen molar-refractivity contribution >= 4 is 23.2 Å². The van der Waals surface area contributed by atoms with Gasteiger partial charge in [0.05, 0.1) is 5.69 Å². The highest BCUT2D eigenvalue weighted by Crippen LogP contribution is 2.36. The number of rotatable bonds is 4. The van der Waals surface area contributed by atoms with Crippen LogP contribution in [0.2, 0.25) is 0 Å². The Kier molecular flexibility index (Phi) is 5.07. The monoisotopic (exact) mass is 330 g/mol. The fourth-order valence-electron chi connectivity index (χ4n) is 3.55. The highest BCUT2D eigenvalue weighted by Gasteiger charge is 2.31. The van der Waals surface area contributed by atoms with Gasteiger partial charge in [0.15, 0.2) is 6.10 Å². The van der Waals surface area contributed by atoms with Gasteiger partial charge in [-0.3, -0.25) is 9.59 Å². The number of carbonyl (C=O) groups is 2. The summed E-state index contributed by atoms with van der Waals surface area (Å²) in [5, 5.41) is 3.02. The maximum absolute atomic E-state index is 12.4. The predicted molar refractivity (Wildman–Crippen MR) is 94.4 cm³/mol. The molecule has 1 aliphatic carbocycles. The fourth-order valence-corrected chi connectivity index (χ4v) is 3.55. The van der Waals surface area contributed by atoms with Crippen LogP contribution in [0.3, 0.4) is 0 Å². The molecule has 130 valence electrons. The Labute approximate surface area is 143 Å². The zero-order valence-electron chi connectivity index (χ0n) is 14.5. The van der Waals surface area contributed by atoms with Crippen molar-refractivity contribution in [3.8, 4) is 5.75 Å². The van der Waals surface area contributed by atoms with Crippen LogP contribution in [0.1, 0.15) is 52.4 Å². The van der Waals surface area contributed by atoms with Crippen molar-refractivity contribution < 1.29 is 14.3 Å². The average Bonchev–Trinajstić information content (AvgIpc) is 2.60. The first-order chi connectivity index (χ1) is 11.6. The minimum atomic E-state index is -0.466. The Morgan fingerprint density at radius 2 is 2.04 bits per heavy atom. The number of carbonyl (C=O) groups excluding carboxylic acids is 2. The molecule has 1 atom stereocenters. The lowest BCUT2D eigenvalue weighted by Crippen LogP contribution is -2.44. The van der Waals surface area contributed by atoms with Crippen LogP contribution >= 0.6 is 0 Å². The third-order valence-corrected chi connectivity index (χ3v) is 4.86. The zero-order chi connectivity index (χ0) is 17.1. The summed E-state index contributed by atoms with van der Waals surface area (Å²) in [5.74, 6) is 0.874. The molecule has 24 heavy (non-hydrogen) atoms. The Bertz CT molecular complexity index is 623. The molecule has 1 aromatic rings. The predicted octanol–water partition coefficient (Wildman–Crippen LogP) is 3.73. The van der Waals surface area contributed by atoms with Gasteiger partial charge in [-0.05, 0) is 44.4 Å². The lowest BCUT2D eigenvalue weighted by Gasteiger charge is -2.33. The molecule has 5 nitrogen and oxygen atoms in total. The van der Waals surface area contributed by atoms with E-state index in [4.69, 9.17) is 4.74 Å². The van der Waals surface area contributed by atoms with Gasteiger partial charge < -0.3 is 15.0 Å². The number of amides is 2. The summed E-state index contributed by atoms with van der Waals surface area (Å²) >= 11 is 0. The van der Waals surface area contributed by atoms with Crippen LogP contribution in [0.5, 0.6) is 5.75 Å². The van der Waals surface area contributed by atoms with E-state index >= 15 is 0 Å². The topological polar surface area (TPSA) is 58.6 Å². The standard InChI is InChI=1S/C19H26N2O3/c1-3-11-21-16-12-15(9-10-17(16)24-13(2)19(21)23)20-18(22)14-7-5-4-6-8-14/h9-10,12-14H,3-8,11H2,1-2H3,(H,20,22). The summed E-state index contributed by atoms with van der Waals surface area (Å²) in [6, 6.07) is 5.55. The largest absolute Gasteiger partial charge is 0.479 e. The summed E-state index contributed by atoms with van der Waals surface area (Å²) in [5.41, 5.74) is 1.48. The summed E-state index contributed by atoms with van der Waals surface area (Å²) in [7, 11) is 0. The maximum Gasteiger partial charge on any atom is 0.267 e. The molecule has 0 bridgehead atoms. The second kappa shape index (κ2) is 7.24. The van der Waals surface area contributed by atoms with E-state index in [2.05, 4.69) is 5.32 Å². The van der Waals surface area contributed by atoms with Crippen molar-refractivity contribution in [2.75, 3.05) is 16.8 Å². The molecule has 0 saturated heterocycles. The smallest absolute Gasteiger partial charge is 0.267 e. The van der Waals surface area contributed by atoms with Gasteiger partial charge in [-0.2, -0.15) is 0 Å². The Hall–Kier alpha value is -2.04. The minimum absolute atomic E-state index is 0.0277. The molecule has 0 radical (unpaired) electrons. The van der Waals surface area contributed by atoms with E-state index in [9.17, 15) is 9.59 Å². The number of hydrogen-bond acceptors (Lipinski definition) is 3. The molecule has 1 unspecified atom stereocenters. The average molecular weight is 330 g/mol. The van der Waals surface area contributed by atoms with Gasteiger partial charge >= 0.3 is 0 Å². The number of anilines is 2. The van der Waals surface area contributed by atoms with Crippen LogP contribution in [-0.2, 0) is 9.59 Å². The maximum atomic E-state index is 12.4. The van der Waals surface area contributed by atoms with E-state index in [1.807, 2.05) is 25.1 Å². The molecule has 2 amide bonds. The van der Waals surface area contributed by atoms with Crippen molar-refractivity contribution in [1.82, 2.24) is 0 Å². The number of fused-ring (bicyclic) bond motifs is 1. The van der Waals surface area contributed by atoms with Gasteiger partial charge in [-0.15, -0.1) is 0 Å². The molecular formula is C19H26N2O3. The van der Waals surface area contributed by atoms with Crippen LogP contribution in [0.15, 0.2) is 18.2 Å². The molecule has 0 aromatic heterocycles. The van der Waals surface area contributed by atoms with Crippen LogP contribution < -0.4 is 15.0 Å². The van der Waals surface area contributed by atoms with Gasteiger partial charge in [0, 0.05) is 18.2 Å². The summed E-state index contributed by atoms with van der Waals surface area (Å²) in [6.07, 6.45) is 5.84. The number of nitrogens with zero attached hydrogens (tertiary/aromatic N) is 1. The van der Waals surface area contributed by atoms with Crippen molar-refractivity contribution in [3.05, 3.63) is 18.2 Å². The molecular weight excluding hydrogens is 304 g/mol. The highest BCUT2D eigenvalue weighted by molar-refractivity contribution is 6.01. The number of nitrogens with one attached hydrogen (secondary N) is 1. The van der Waals surface area contributed by atoms with Gasteiger partial charge in [0.2, 0.25) is 5.91 Å². The molecule has 1 aromatic carbocycles.